The Balaban J connectivity index is 2.04. The van der Waals surface area contributed by atoms with Crippen molar-refractivity contribution < 1.29 is 9.90 Å². The number of hydrogen-bond acceptors (Lipinski definition) is 5. The van der Waals surface area contributed by atoms with Crippen molar-refractivity contribution in [1.82, 2.24) is 24.5 Å². The molecule has 1 unspecified atom stereocenters. The summed E-state index contributed by atoms with van der Waals surface area (Å²) in [5.41, 5.74) is 1.96. The first-order valence-corrected chi connectivity index (χ1v) is 8.96. The number of aryl methyl sites for hydroxylation is 1. The Bertz CT molecular complexity index is 859. The summed E-state index contributed by atoms with van der Waals surface area (Å²) in [6, 6.07) is 9.97. The minimum absolute atomic E-state index is 0.0347. The third kappa shape index (κ3) is 3.74. The number of benzene rings is 1. The van der Waals surface area contributed by atoms with Crippen LogP contribution >= 0.6 is 11.8 Å². The second kappa shape index (κ2) is 7.52. The highest BCUT2D eigenvalue weighted by Gasteiger charge is 2.21. The number of thioether (sulfide) groups is 1. The molecular weight excluding hydrogens is 338 g/mol. The summed E-state index contributed by atoms with van der Waals surface area (Å²) in [5.74, 6) is -0.260. The number of nitrogens with zero attached hydrogens (tertiary/aromatic N) is 5. The quantitative estimate of drug-likeness (QED) is 0.654. The van der Waals surface area contributed by atoms with Gasteiger partial charge in [-0.05, 0) is 19.4 Å². The molecule has 0 radical (unpaired) electrons. The van der Waals surface area contributed by atoms with Crippen LogP contribution in [0, 0.1) is 0 Å². The Kier molecular flexibility index (Phi) is 5.18. The lowest BCUT2D eigenvalue weighted by Crippen LogP contribution is -2.11. The molecule has 0 aliphatic heterocycles. The maximum absolute atomic E-state index is 11.0. The standard InChI is InChI=1S/C17H19N5O2S/c1-3-21-10-14(9-18-21)16-19-20-17(25-11-15(23)24)22(16)12(2)13-7-5-4-6-8-13/h4-10,12H,3,11H2,1-2H3,(H,23,24). The lowest BCUT2D eigenvalue weighted by Gasteiger charge is -2.17. The molecule has 0 fully saturated rings. The highest BCUT2D eigenvalue weighted by Crippen LogP contribution is 2.30. The molecule has 0 amide bonds. The van der Waals surface area contributed by atoms with Gasteiger partial charge in [0.25, 0.3) is 0 Å². The number of hydrogen-bond donors (Lipinski definition) is 1. The minimum Gasteiger partial charge on any atom is -0.481 e. The molecule has 2 aromatic heterocycles. The van der Waals surface area contributed by atoms with Crippen molar-refractivity contribution in [3.63, 3.8) is 0 Å². The predicted molar refractivity (Wildman–Crippen MR) is 95.5 cm³/mol. The van der Waals surface area contributed by atoms with E-state index in [2.05, 4.69) is 22.2 Å². The number of carboxylic acid groups (broad SMARTS) is 1. The number of aliphatic carboxylic acids is 1. The number of carboxylic acids is 1. The maximum atomic E-state index is 11.0. The van der Waals surface area contributed by atoms with E-state index in [1.807, 2.05) is 52.7 Å². The largest absolute Gasteiger partial charge is 0.481 e. The van der Waals surface area contributed by atoms with Crippen molar-refractivity contribution in [2.45, 2.75) is 31.6 Å². The molecule has 1 aromatic carbocycles. The van der Waals surface area contributed by atoms with Crippen molar-refractivity contribution in [2.24, 2.45) is 0 Å². The van der Waals surface area contributed by atoms with Crippen LogP contribution in [0.4, 0.5) is 0 Å². The van der Waals surface area contributed by atoms with Gasteiger partial charge in [-0.15, -0.1) is 10.2 Å². The molecule has 0 aliphatic rings. The van der Waals surface area contributed by atoms with Gasteiger partial charge in [0.1, 0.15) is 0 Å². The van der Waals surface area contributed by atoms with Gasteiger partial charge in [-0.2, -0.15) is 5.10 Å². The van der Waals surface area contributed by atoms with E-state index in [4.69, 9.17) is 5.11 Å². The highest BCUT2D eigenvalue weighted by atomic mass is 32.2. The summed E-state index contributed by atoms with van der Waals surface area (Å²) in [7, 11) is 0. The normalized spacial score (nSPS) is 12.2. The topological polar surface area (TPSA) is 85.8 Å². The Hall–Kier alpha value is -2.61. The molecule has 130 valence electrons. The summed E-state index contributed by atoms with van der Waals surface area (Å²) in [6.07, 6.45) is 3.68. The van der Waals surface area contributed by atoms with Crippen molar-refractivity contribution in [3.8, 4) is 11.4 Å². The van der Waals surface area contributed by atoms with Crippen LogP contribution in [-0.2, 0) is 11.3 Å². The summed E-state index contributed by atoms with van der Waals surface area (Å²) in [6.45, 7) is 4.84. The van der Waals surface area contributed by atoms with Gasteiger partial charge in [-0.25, -0.2) is 0 Å². The monoisotopic (exact) mass is 357 g/mol. The molecule has 25 heavy (non-hydrogen) atoms. The Morgan fingerprint density at radius 3 is 2.68 bits per heavy atom. The molecule has 8 heteroatoms. The summed E-state index contributed by atoms with van der Waals surface area (Å²) in [5, 5.41) is 22.4. The van der Waals surface area contributed by atoms with Gasteiger partial charge in [0.2, 0.25) is 0 Å². The lowest BCUT2D eigenvalue weighted by molar-refractivity contribution is -0.133. The van der Waals surface area contributed by atoms with Crippen LogP contribution in [0.5, 0.6) is 0 Å². The zero-order valence-electron chi connectivity index (χ0n) is 14.0. The highest BCUT2D eigenvalue weighted by molar-refractivity contribution is 7.99. The molecule has 0 saturated heterocycles. The molecule has 0 aliphatic carbocycles. The minimum atomic E-state index is -0.882. The average molecular weight is 357 g/mol. The number of carbonyl (C=O) groups is 1. The zero-order valence-corrected chi connectivity index (χ0v) is 14.8. The molecule has 7 nitrogen and oxygen atoms in total. The van der Waals surface area contributed by atoms with Gasteiger partial charge in [-0.3, -0.25) is 14.0 Å². The molecule has 0 bridgehead atoms. The molecule has 0 saturated carbocycles. The van der Waals surface area contributed by atoms with Crippen molar-refractivity contribution in [1.29, 1.82) is 0 Å². The van der Waals surface area contributed by atoms with Crippen LogP contribution in [0.3, 0.4) is 0 Å². The molecule has 1 atom stereocenters. The Morgan fingerprint density at radius 2 is 2.04 bits per heavy atom. The molecular formula is C17H19N5O2S. The SMILES string of the molecule is CCn1cc(-c2nnc(SCC(=O)O)n2C(C)c2ccccc2)cn1. The van der Waals surface area contributed by atoms with E-state index >= 15 is 0 Å². The van der Waals surface area contributed by atoms with Crippen molar-refractivity contribution in [3.05, 3.63) is 48.3 Å². The van der Waals surface area contributed by atoms with Crippen LogP contribution < -0.4 is 0 Å². The summed E-state index contributed by atoms with van der Waals surface area (Å²) in [4.78, 5) is 11.0. The predicted octanol–water partition coefficient (Wildman–Crippen LogP) is 2.95. The van der Waals surface area contributed by atoms with E-state index < -0.39 is 5.97 Å². The van der Waals surface area contributed by atoms with Crippen LogP contribution in [0.2, 0.25) is 0 Å². The van der Waals surface area contributed by atoms with Gasteiger partial charge < -0.3 is 5.11 Å². The lowest BCUT2D eigenvalue weighted by atomic mass is 10.1. The van der Waals surface area contributed by atoms with E-state index in [0.29, 0.717) is 11.0 Å². The smallest absolute Gasteiger partial charge is 0.313 e. The first-order chi connectivity index (χ1) is 12.1. The van der Waals surface area contributed by atoms with Crippen molar-refractivity contribution in [2.75, 3.05) is 5.75 Å². The van der Waals surface area contributed by atoms with Gasteiger partial charge in [-0.1, -0.05) is 42.1 Å². The Morgan fingerprint density at radius 1 is 1.28 bits per heavy atom. The first kappa shape index (κ1) is 17.2. The maximum Gasteiger partial charge on any atom is 0.313 e. The van der Waals surface area contributed by atoms with Crippen LogP contribution in [0.25, 0.3) is 11.4 Å². The summed E-state index contributed by atoms with van der Waals surface area (Å²) >= 11 is 1.17. The molecule has 2 heterocycles. The van der Waals surface area contributed by atoms with E-state index in [0.717, 1.165) is 17.7 Å². The second-order valence-corrected chi connectivity index (χ2v) is 6.47. The van der Waals surface area contributed by atoms with Gasteiger partial charge in [0, 0.05) is 12.7 Å². The van der Waals surface area contributed by atoms with E-state index in [1.165, 1.54) is 11.8 Å². The molecule has 3 aromatic rings. The molecule has 3 rings (SSSR count). The Labute approximate surface area is 149 Å². The van der Waals surface area contributed by atoms with Gasteiger partial charge in [0.05, 0.1) is 23.6 Å². The van der Waals surface area contributed by atoms with Crippen LogP contribution in [0.15, 0.2) is 47.9 Å². The molecule has 0 spiro atoms. The van der Waals surface area contributed by atoms with E-state index in [9.17, 15) is 4.79 Å². The van der Waals surface area contributed by atoms with E-state index in [1.54, 1.807) is 6.20 Å². The van der Waals surface area contributed by atoms with Gasteiger partial charge >= 0.3 is 5.97 Å². The summed E-state index contributed by atoms with van der Waals surface area (Å²) < 4.78 is 3.80. The zero-order chi connectivity index (χ0) is 17.8. The van der Waals surface area contributed by atoms with Crippen molar-refractivity contribution >= 4 is 17.7 Å². The van der Waals surface area contributed by atoms with E-state index in [-0.39, 0.29) is 11.8 Å². The fourth-order valence-electron chi connectivity index (χ4n) is 2.58. The van der Waals surface area contributed by atoms with Crippen LogP contribution in [-0.4, -0.2) is 41.4 Å². The fourth-order valence-corrected chi connectivity index (χ4v) is 3.32. The van der Waals surface area contributed by atoms with Gasteiger partial charge in [0.15, 0.2) is 11.0 Å². The van der Waals surface area contributed by atoms with Crippen LogP contribution in [0.1, 0.15) is 25.5 Å². The average Bonchev–Trinajstić information content (AvgIpc) is 3.26. The second-order valence-electron chi connectivity index (χ2n) is 5.53. The molecule has 1 N–H and O–H groups in total. The number of rotatable bonds is 7. The number of aromatic nitrogens is 5. The third-order valence-corrected chi connectivity index (χ3v) is 4.80. The first-order valence-electron chi connectivity index (χ1n) is 7.97. The fraction of sp³-hybridized carbons (Fsp3) is 0.294. The third-order valence-electron chi connectivity index (χ3n) is 3.87.